The van der Waals surface area contributed by atoms with Gasteiger partial charge in [0.25, 0.3) is 5.91 Å². The second kappa shape index (κ2) is 4.11. The SMILES string of the molecule is N#CC1(NC(=O)c2ccnc(Cl)c2)CCC1. The van der Waals surface area contributed by atoms with E-state index in [0.717, 1.165) is 6.42 Å². The molecule has 1 fully saturated rings. The summed E-state index contributed by atoms with van der Waals surface area (Å²) in [5, 5.41) is 12.0. The molecule has 1 aromatic heterocycles. The van der Waals surface area contributed by atoms with Crippen LogP contribution >= 0.6 is 11.6 Å². The number of pyridine rings is 1. The Morgan fingerprint density at radius 2 is 2.38 bits per heavy atom. The molecule has 1 amide bonds. The lowest BCUT2D eigenvalue weighted by Gasteiger charge is -2.35. The Morgan fingerprint density at radius 1 is 1.62 bits per heavy atom. The lowest BCUT2D eigenvalue weighted by Crippen LogP contribution is -2.52. The number of hydrogen-bond acceptors (Lipinski definition) is 3. The van der Waals surface area contributed by atoms with Gasteiger partial charge in [0.05, 0.1) is 6.07 Å². The highest BCUT2D eigenvalue weighted by Gasteiger charge is 2.38. The molecule has 1 saturated carbocycles. The molecule has 1 aliphatic rings. The Bertz CT molecular complexity index is 463. The predicted molar refractivity (Wildman–Crippen MR) is 58.9 cm³/mol. The Balaban J connectivity index is 2.12. The van der Waals surface area contributed by atoms with E-state index in [2.05, 4.69) is 16.4 Å². The van der Waals surface area contributed by atoms with Crippen molar-refractivity contribution in [3.05, 3.63) is 29.0 Å². The zero-order chi connectivity index (χ0) is 11.6. The second-order valence-electron chi connectivity index (χ2n) is 3.87. The number of carbonyl (C=O) groups excluding carboxylic acids is 1. The predicted octanol–water partition coefficient (Wildman–Crippen LogP) is 1.91. The molecule has 1 aliphatic carbocycles. The zero-order valence-electron chi connectivity index (χ0n) is 8.53. The molecule has 82 valence electrons. The van der Waals surface area contributed by atoms with Crippen LogP contribution in [-0.4, -0.2) is 16.4 Å². The average Bonchev–Trinajstić information content (AvgIpc) is 2.23. The molecule has 0 spiro atoms. The largest absolute Gasteiger partial charge is 0.334 e. The van der Waals surface area contributed by atoms with Crippen LogP contribution in [0.5, 0.6) is 0 Å². The number of carbonyl (C=O) groups is 1. The highest BCUT2D eigenvalue weighted by molar-refractivity contribution is 6.29. The summed E-state index contributed by atoms with van der Waals surface area (Å²) in [5.74, 6) is -0.273. The molecule has 16 heavy (non-hydrogen) atoms. The maximum Gasteiger partial charge on any atom is 0.252 e. The summed E-state index contributed by atoms with van der Waals surface area (Å²) in [6, 6.07) is 5.21. The lowest BCUT2D eigenvalue weighted by molar-refractivity contribution is 0.0881. The summed E-state index contributed by atoms with van der Waals surface area (Å²) in [6.07, 6.45) is 3.88. The van der Waals surface area contributed by atoms with Gasteiger partial charge in [-0.25, -0.2) is 4.98 Å². The molecule has 0 unspecified atom stereocenters. The summed E-state index contributed by atoms with van der Waals surface area (Å²) >= 11 is 5.69. The Kier molecular flexibility index (Phi) is 2.80. The van der Waals surface area contributed by atoms with Crippen molar-refractivity contribution in [3.63, 3.8) is 0 Å². The number of aromatic nitrogens is 1. The van der Waals surface area contributed by atoms with E-state index < -0.39 is 5.54 Å². The Labute approximate surface area is 98.2 Å². The molecule has 1 N–H and O–H groups in total. The average molecular weight is 236 g/mol. The minimum absolute atomic E-state index is 0.271. The van der Waals surface area contributed by atoms with Crippen molar-refractivity contribution >= 4 is 17.5 Å². The fraction of sp³-hybridized carbons (Fsp3) is 0.364. The minimum Gasteiger partial charge on any atom is -0.334 e. The van der Waals surface area contributed by atoms with Crippen LogP contribution in [0.3, 0.4) is 0 Å². The van der Waals surface area contributed by atoms with Gasteiger partial charge in [-0.1, -0.05) is 11.6 Å². The topological polar surface area (TPSA) is 65.8 Å². The number of rotatable bonds is 2. The third kappa shape index (κ3) is 2.00. The monoisotopic (exact) mass is 235 g/mol. The zero-order valence-corrected chi connectivity index (χ0v) is 9.29. The van der Waals surface area contributed by atoms with Gasteiger partial charge in [0.2, 0.25) is 0 Å². The first kappa shape index (κ1) is 10.9. The van der Waals surface area contributed by atoms with Crippen molar-refractivity contribution < 1.29 is 4.79 Å². The first-order valence-electron chi connectivity index (χ1n) is 5.00. The maximum absolute atomic E-state index is 11.8. The third-order valence-corrected chi connectivity index (χ3v) is 2.97. The summed E-state index contributed by atoms with van der Waals surface area (Å²) < 4.78 is 0. The minimum atomic E-state index is -0.674. The van der Waals surface area contributed by atoms with Crippen LogP contribution in [-0.2, 0) is 0 Å². The highest BCUT2D eigenvalue weighted by Crippen LogP contribution is 2.31. The van der Waals surface area contributed by atoms with E-state index in [-0.39, 0.29) is 11.1 Å². The molecule has 5 heteroatoms. The van der Waals surface area contributed by atoms with Gasteiger partial charge < -0.3 is 5.32 Å². The van der Waals surface area contributed by atoms with Crippen LogP contribution in [0.2, 0.25) is 5.15 Å². The molecule has 0 radical (unpaired) electrons. The number of halogens is 1. The van der Waals surface area contributed by atoms with E-state index in [4.69, 9.17) is 16.9 Å². The smallest absolute Gasteiger partial charge is 0.252 e. The van der Waals surface area contributed by atoms with Crippen molar-refractivity contribution in [2.45, 2.75) is 24.8 Å². The van der Waals surface area contributed by atoms with Crippen LogP contribution in [0.4, 0.5) is 0 Å². The van der Waals surface area contributed by atoms with E-state index in [1.54, 1.807) is 6.07 Å². The summed E-state index contributed by atoms with van der Waals surface area (Å²) in [7, 11) is 0. The highest BCUT2D eigenvalue weighted by atomic mass is 35.5. The fourth-order valence-electron chi connectivity index (χ4n) is 1.63. The van der Waals surface area contributed by atoms with Crippen LogP contribution in [0.15, 0.2) is 18.3 Å². The van der Waals surface area contributed by atoms with E-state index in [9.17, 15) is 4.79 Å². The molecular weight excluding hydrogens is 226 g/mol. The summed E-state index contributed by atoms with van der Waals surface area (Å²) in [6.45, 7) is 0. The summed E-state index contributed by atoms with van der Waals surface area (Å²) in [5.41, 5.74) is -0.242. The molecule has 4 nitrogen and oxygen atoms in total. The molecule has 0 aromatic carbocycles. The van der Waals surface area contributed by atoms with Crippen molar-refractivity contribution in [2.75, 3.05) is 0 Å². The first-order valence-corrected chi connectivity index (χ1v) is 5.38. The standard InChI is InChI=1S/C11H10ClN3O/c12-9-6-8(2-5-14-9)10(16)15-11(7-13)3-1-4-11/h2,5-6H,1,3-4H2,(H,15,16). The Morgan fingerprint density at radius 3 is 2.88 bits per heavy atom. The van der Waals surface area contributed by atoms with E-state index >= 15 is 0 Å². The molecule has 2 rings (SSSR count). The van der Waals surface area contributed by atoms with Crippen LogP contribution < -0.4 is 5.32 Å². The van der Waals surface area contributed by atoms with E-state index in [1.807, 2.05) is 0 Å². The molecule has 0 aliphatic heterocycles. The number of nitrogens with one attached hydrogen (secondary N) is 1. The quantitative estimate of drug-likeness (QED) is 0.797. The molecule has 1 aromatic rings. The van der Waals surface area contributed by atoms with Gasteiger partial charge in [-0.05, 0) is 31.4 Å². The van der Waals surface area contributed by atoms with Crippen molar-refractivity contribution in [1.29, 1.82) is 5.26 Å². The third-order valence-electron chi connectivity index (χ3n) is 2.76. The van der Waals surface area contributed by atoms with Crippen LogP contribution in [0, 0.1) is 11.3 Å². The second-order valence-corrected chi connectivity index (χ2v) is 4.26. The number of hydrogen-bond donors (Lipinski definition) is 1. The van der Waals surface area contributed by atoms with Crippen molar-refractivity contribution in [3.8, 4) is 6.07 Å². The van der Waals surface area contributed by atoms with E-state index in [1.165, 1.54) is 12.3 Å². The van der Waals surface area contributed by atoms with Gasteiger partial charge >= 0.3 is 0 Å². The number of nitrogens with zero attached hydrogens (tertiary/aromatic N) is 2. The lowest BCUT2D eigenvalue weighted by atomic mass is 9.78. The van der Waals surface area contributed by atoms with E-state index in [0.29, 0.717) is 18.4 Å². The normalized spacial score (nSPS) is 17.0. The summed E-state index contributed by atoms with van der Waals surface area (Å²) in [4.78, 5) is 15.6. The molecule has 0 saturated heterocycles. The number of nitriles is 1. The maximum atomic E-state index is 11.8. The van der Waals surface area contributed by atoms with Crippen LogP contribution in [0.1, 0.15) is 29.6 Å². The first-order chi connectivity index (χ1) is 7.65. The van der Waals surface area contributed by atoms with Gasteiger partial charge in [-0.2, -0.15) is 5.26 Å². The van der Waals surface area contributed by atoms with Gasteiger partial charge in [0.15, 0.2) is 0 Å². The molecule has 0 atom stereocenters. The Hall–Kier alpha value is -1.60. The van der Waals surface area contributed by atoms with Gasteiger partial charge in [-0.3, -0.25) is 4.79 Å². The van der Waals surface area contributed by atoms with Gasteiger partial charge in [0.1, 0.15) is 10.7 Å². The van der Waals surface area contributed by atoms with Crippen LogP contribution in [0.25, 0.3) is 0 Å². The number of amides is 1. The molecule has 0 bridgehead atoms. The van der Waals surface area contributed by atoms with Gasteiger partial charge in [0, 0.05) is 11.8 Å². The molecular formula is C11H10ClN3O. The fourth-order valence-corrected chi connectivity index (χ4v) is 1.80. The van der Waals surface area contributed by atoms with Crippen molar-refractivity contribution in [2.24, 2.45) is 0 Å². The molecule has 1 heterocycles. The van der Waals surface area contributed by atoms with Crippen molar-refractivity contribution in [1.82, 2.24) is 10.3 Å². The van der Waals surface area contributed by atoms with Gasteiger partial charge in [-0.15, -0.1) is 0 Å².